The van der Waals surface area contributed by atoms with E-state index in [4.69, 9.17) is 4.74 Å². The largest absolute Gasteiger partial charge is 0.384 e. The van der Waals surface area contributed by atoms with Gasteiger partial charge in [0.15, 0.2) is 0 Å². The van der Waals surface area contributed by atoms with Gasteiger partial charge in [-0.1, -0.05) is 6.92 Å². The van der Waals surface area contributed by atoms with Gasteiger partial charge < -0.3 is 10.1 Å². The molecule has 0 aliphatic carbocycles. The van der Waals surface area contributed by atoms with Crippen LogP contribution in [0.15, 0.2) is 22.8 Å². The van der Waals surface area contributed by atoms with E-state index >= 15 is 0 Å². The van der Waals surface area contributed by atoms with E-state index in [0.717, 1.165) is 23.4 Å². The Morgan fingerprint density at radius 2 is 2.43 bits per heavy atom. The molecule has 1 unspecified atom stereocenters. The summed E-state index contributed by atoms with van der Waals surface area (Å²) in [6.07, 6.45) is 1.77. The third-order valence-electron chi connectivity index (χ3n) is 1.83. The molecule has 0 saturated heterocycles. The van der Waals surface area contributed by atoms with Crippen LogP contribution < -0.4 is 5.32 Å². The summed E-state index contributed by atoms with van der Waals surface area (Å²) in [6, 6.07) is 3.87. The first-order valence-electron chi connectivity index (χ1n) is 4.57. The van der Waals surface area contributed by atoms with Crippen molar-refractivity contribution in [2.45, 2.75) is 6.92 Å². The first-order valence-corrected chi connectivity index (χ1v) is 5.36. The maximum Gasteiger partial charge on any atom is 0.140 e. The zero-order chi connectivity index (χ0) is 10.4. The van der Waals surface area contributed by atoms with Gasteiger partial charge in [-0.15, -0.1) is 0 Å². The van der Waals surface area contributed by atoms with Crippen LogP contribution in [0.5, 0.6) is 0 Å². The van der Waals surface area contributed by atoms with E-state index in [1.165, 1.54) is 0 Å². The Morgan fingerprint density at radius 1 is 1.64 bits per heavy atom. The molecule has 0 aromatic carbocycles. The number of rotatable bonds is 5. The number of aromatic nitrogens is 1. The molecule has 0 saturated carbocycles. The Kier molecular flexibility index (Phi) is 4.90. The van der Waals surface area contributed by atoms with E-state index in [9.17, 15) is 0 Å². The zero-order valence-electron chi connectivity index (χ0n) is 8.46. The predicted octanol–water partition coefficient (Wildman–Crippen LogP) is 2.54. The van der Waals surface area contributed by atoms with Crippen LogP contribution in [0, 0.1) is 5.92 Å². The van der Waals surface area contributed by atoms with Crippen molar-refractivity contribution in [1.29, 1.82) is 0 Å². The Bertz CT molecular complexity index is 281. The van der Waals surface area contributed by atoms with Crippen molar-refractivity contribution in [2.24, 2.45) is 5.92 Å². The second kappa shape index (κ2) is 5.98. The topological polar surface area (TPSA) is 34.1 Å². The highest BCUT2D eigenvalue weighted by molar-refractivity contribution is 9.10. The van der Waals surface area contributed by atoms with Gasteiger partial charge in [0.05, 0.1) is 11.1 Å². The van der Waals surface area contributed by atoms with Gasteiger partial charge in [-0.05, 0) is 34.0 Å². The number of pyridine rings is 1. The average Bonchev–Trinajstić information content (AvgIpc) is 2.17. The van der Waals surface area contributed by atoms with Crippen LogP contribution in [0.25, 0.3) is 0 Å². The number of hydrogen-bond donors (Lipinski definition) is 1. The molecule has 0 amide bonds. The van der Waals surface area contributed by atoms with E-state index in [0.29, 0.717) is 5.92 Å². The van der Waals surface area contributed by atoms with Crippen molar-refractivity contribution in [3.8, 4) is 0 Å². The summed E-state index contributed by atoms with van der Waals surface area (Å²) < 4.78 is 6.04. The highest BCUT2D eigenvalue weighted by Crippen LogP contribution is 2.18. The third kappa shape index (κ3) is 3.64. The second-order valence-electron chi connectivity index (χ2n) is 3.28. The van der Waals surface area contributed by atoms with Crippen LogP contribution >= 0.6 is 15.9 Å². The monoisotopic (exact) mass is 258 g/mol. The van der Waals surface area contributed by atoms with Gasteiger partial charge in [-0.3, -0.25) is 0 Å². The lowest BCUT2D eigenvalue weighted by atomic mass is 10.2. The van der Waals surface area contributed by atoms with E-state index in [1.54, 1.807) is 13.3 Å². The molecule has 0 fully saturated rings. The van der Waals surface area contributed by atoms with Gasteiger partial charge in [-0.2, -0.15) is 0 Å². The summed E-state index contributed by atoms with van der Waals surface area (Å²) in [5, 5.41) is 3.26. The van der Waals surface area contributed by atoms with Crippen molar-refractivity contribution in [3.63, 3.8) is 0 Å². The molecule has 0 bridgehead atoms. The Balaban J connectivity index is 2.41. The fourth-order valence-corrected chi connectivity index (χ4v) is 1.53. The summed E-state index contributed by atoms with van der Waals surface area (Å²) in [7, 11) is 1.72. The van der Waals surface area contributed by atoms with Crippen molar-refractivity contribution in [3.05, 3.63) is 22.8 Å². The molecule has 0 spiro atoms. The summed E-state index contributed by atoms with van der Waals surface area (Å²) in [5.74, 6) is 1.37. The molecule has 1 N–H and O–H groups in total. The molecule has 14 heavy (non-hydrogen) atoms. The summed E-state index contributed by atoms with van der Waals surface area (Å²) in [6.45, 7) is 3.76. The standard InChI is InChI=1S/C10H15BrN2O/c1-8(7-14-2)6-13-10-9(11)4-3-5-12-10/h3-5,8H,6-7H2,1-2H3,(H,12,13). The van der Waals surface area contributed by atoms with Crippen LogP contribution in [0.1, 0.15) is 6.92 Å². The lowest BCUT2D eigenvalue weighted by Gasteiger charge is -2.12. The molecule has 1 aromatic heterocycles. The average molecular weight is 259 g/mol. The van der Waals surface area contributed by atoms with Gasteiger partial charge in [-0.25, -0.2) is 4.98 Å². The smallest absolute Gasteiger partial charge is 0.140 e. The zero-order valence-corrected chi connectivity index (χ0v) is 10.0. The molecule has 78 valence electrons. The Hall–Kier alpha value is -0.610. The number of nitrogens with one attached hydrogen (secondary N) is 1. The highest BCUT2D eigenvalue weighted by atomic mass is 79.9. The molecular weight excluding hydrogens is 244 g/mol. The van der Waals surface area contributed by atoms with Gasteiger partial charge in [0.25, 0.3) is 0 Å². The van der Waals surface area contributed by atoms with Crippen molar-refractivity contribution in [2.75, 3.05) is 25.6 Å². The van der Waals surface area contributed by atoms with Crippen molar-refractivity contribution >= 4 is 21.7 Å². The summed E-state index contributed by atoms with van der Waals surface area (Å²) in [5.41, 5.74) is 0. The molecular formula is C10H15BrN2O. The normalized spacial score (nSPS) is 12.5. The SMILES string of the molecule is COCC(C)CNc1ncccc1Br. The van der Waals surface area contributed by atoms with E-state index in [-0.39, 0.29) is 0 Å². The fraction of sp³-hybridized carbons (Fsp3) is 0.500. The van der Waals surface area contributed by atoms with Crippen LogP contribution in [0.3, 0.4) is 0 Å². The van der Waals surface area contributed by atoms with Crippen molar-refractivity contribution < 1.29 is 4.74 Å². The molecule has 3 nitrogen and oxygen atoms in total. The molecule has 1 atom stereocenters. The minimum Gasteiger partial charge on any atom is -0.384 e. The van der Waals surface area contributed by atoms with Gasteiger partial charge >= 0.3 is 0 Å². The number of anilines is 1. The number of halogens is 1. The fourth-order valence-electron chi connectivity index (χ4n) is 1.13. The van der Waals surface area contributed by atoms with Crippen LogP contribution in [-0.2, 0) is 4.74 Å². The maximum absolute atomic E-state index is 5.05. The van der Waals surface area contributed by atoms with Crippen molar-refractivity contribution in [1.82, 2.24) is 4.98 Å². The number of hydrogen-bond acceptors (Lipinski definition) is 3. The maximum atomic E-state index is 5.05. The quantitative estimate of drug-likeness (QED) is 0.882. The Labute approximate surface area is 93.0 Å². The van der Waals surface area contributed by atoms with E-state index < -0.39 is 0 Å². The van der Waals surface area contributed by atoms with Gasteiger partial charge in [0.2, 0.25) is 0 Å². The summed E-state index contributed by atoms with van der Waals surface area (Å²) >= 11 is 3.43. The number of methoxy groups -OCH3 is 1. The number of nitrogens with zero attached hydrogens (tertiary/aromatic N) is 1. The molecule has 1 rings (SSSR count). The van der Waals surface area contributed by atoms with E-state index in [1.807, 2.05) is 12.1 Å². The third-order valence-corrected chi connectivity index (χ3v) is 2.47. The second-order valence-corrected chi connectivity index (χ2v) is 4.13. The molecule has 0 aliphatic heterocycles. The minimum absolute atomic E-state index is 0.480. The molecule has 0 aliphatic rings. The first-order chi connectivity index (χ1) is 6.74. The highest BCUT2D eigenvalue weighted by Gasteiger charge is 2.03. The molecule has 1 heterocycles. The van der Waals surface area contributed by atoms with E-state index in [2.05, 4.69) is 33.2 Å². The molecule has 0 radical (unpaired) electrons. The van der Waals surface area contributed by atoms with Gasteiger partial charge in [0.1, 0.15) is 5.82 Å². The first kappa shape index (κ1) is 11.5. The lowest BCUT2D eigenvalue weighted by molar-refractivity contribution is 0.164. The van der Waals surface area contributed by atoms with Gasteiger partial charge in [0, 0.05) is 19.9 Å². The summed E-state index contributed by atoms with van der Waals surface area (Å²) in [4.78, 5) is 4.21. The molecule has 4 heteroatoms. The Morgan fingerprint density at radius 3 is 3.07 bits per heavy atom. The molecule has 1 aromatic rings. The lowest BCUT2D eigenvalue weighted by Crippen LogP contribution is -2.16. The minimum atomic E-state index is 0.480. The predicted molar refractivity (Wildman–Crippen MR) is 61.5 cm³/mol. The van der Waals surface area contributed by atoms with Crippen LogP contribution in [0.4, 0.5) is 5.82 Å². The van der Waals surface area contributed by atoms with Crippen LogP contribution in [-0.4, -0.2) is 25.2 Å². The van der Waals surface area contributed by atoms with Crippen LogP contribution in [0.2, 0.25) is 0 Å². The number of ether oxygens (including phenoxy) is 1.